The van der Waals surface area contributed by atoms with Gasteiger partial charge in [-0.25, -0.2) is 4.99 Å². The van der Waals surface area contributed by atoms with Crippen molar-refractivity contribution >= 4 is 17.7 Å². The molecule has 0 spiro atoms. The number of hydrogen-bond donors (Lipinski definition) is 0. The Morgan fingerprint density at radius 1 is 1.10 bits per heavy atom. The van der Waals surface area contributed by atoms with Crippen LogP contribution in [0.3, 0.4) is 0 Å². The molecule has 1 aromatic heterocycles. The second kappa shape index (κ2) is 9.23. The van der Waals surface area contributed by atoms with Gasteiger partial charge in [-0.15, -0.1) is 0 Å². The van der Waals surface area contributed by atoms with Crippen LogP contribution in [0.25, 0.3) is 0 Å². The van der Waals surface area contributed by atoms with E-state index in [1.54, 1.807) is 7.11 Å². The van der Waals surface area contributed by atoms with E-state index in [4.69, 9.17) is 14.5 Å². The molecule has 4 rings (SSSR count). The van der Waals surface area contributed by atoms with Crippen LogP contribution in [0.4, 0.5) is 0 Å². The second-order valence-electron chi connectivity index (χ2n) is 7.27. The molecule has 2 heterocycles. The highest BCUT2D eigenvalue weighted by Crippen LogP contribution is 2.21. The molecule has 150 valence electrons. The van der Waals surface area contributed by atoms with Gasteiger partial charge in [0.25, 0.3) is 0 Å². The van der Waals surface area contributed by atoms with Crippen LogP contribution in [0, 0.1) is 6.92 Å². The summed E-state index contributed by atoms with van der Waals surface area (Å²) in [6.07, 6.45) is 2.07. The maximum atomic E-state index is 5.94. The van der Waals surface area contributed by atoms with E-state index in [1.807, 2.05) is 30.0 Å². The summed E-state index contributed by atoms with van der Waals surface area (Å²) in [7, 11) is 1.68. The fourth-order valence-electron chi connectivity index (χ4n) is 3.43. The molecule has 0 saturated carbocycles. The zero-order valence-electron chi connectivity index (χ0n) is 16.9. The SMILES string of the molecule is COc1ccc(Cn2cccc2C2=N[C@H](CSCc3cccc(C)c3)CO2)cc1. The normalized spacial score (nSPS) is 15.8. The number of rotatable bonds is 8. The maximum absolute atomic E-state index is 5.94. The predicted octanol–water partition coefficient (Wildman–Crippen LogP) is 4.93. The van der Waals surface area contributed by atoms with Crippen molar-refractivity contribution in [2.75, 3.05) is 19.5 Å². The molecule has 3 aromatic rings. The molecule has 2 aromatic carbocycles. The van der Waals surface area contributed by atoms with Crippen LogP contribution in [-0.4, -0.2) is 36.0 Å². The van der Waals surface area contributed by atoms with E-state index >= 15 is 0 Å². The van der Waals surface area contributed by atoms with Crippen LogP contribution in [0.5, 0.6) is 5.75 Å². The van der Waals surface area contributed by atoms with Crippen molar-refractivity contribution in [1.29, 1.82) is 0 Å². The molecule has 0 unspecified atom stereocenters. The van der Waals surface area contributed by atoms with Crippen molar-refractivity contribution in [1.82, 2.24) is 4.57 Å². The molecule has 0 amide bonds. The van der Waals surface area contributed by atoms with Gasteiger partial charge in [0.2, 0.25) is 5.90 Å². The molecule has 0 fully saturated rings. The van der Waals surface area contributed by atoms with Gasteiger partial charge in [-0.05, 0) is 42.3 Å². The predicted molar refractivity (Wildman–Crippen MR) is 120 cm³/mol. The molecule has 0 aliphatic carbocycles. The number of methoxy groups -OCH3 is 1. The lowest BCUT2D eigenvalue weighted by atomic mass is 10.2. The smallest absolute Gasteiger partial charge is 0.233 e. The van der Waals surface area contributed by atoms with Gasteiger partial charge in [0.15, 0.2) is 0 Å². The third-order valence-corrected chi connectivity index (χ3v) is 6.09. The van der Waals surface area contributed by atoms with Crippen LogP contribution in [-0.2, 0) is 17.0 Å². The molecule has 1 aliphatic rings. The van der Waals surface area contributed by atoms with Crippen LogP contribution < -0.4 is 4.74 Å². The number of thioether (sulfide) groups is 1. The van der Waals surface area contributed by atoms with Gasteiger partial charge in [-0.3, -0.25) is 0 Å². The van der Waals surface area contributed by atoms with E-state index in [0.717, 1.165) is 35.4 Å². The second-order valence-corrected chi connectivity index (χ2v) is 8.30. The van der Waals surface area contributed by atoms with Gasteiger partial charge >= 0.3 is 0 Å². The Morgan fingerprint density at radius 2 is 1.97 bits per heavy atom. The van der Waals surface area contributed by atoms with E-state index in [2.05, 4.69) is 60.2 Å². The van der Waals surface area contributed by atoms with Gasteiger partial charge in [-0.2, -0.15) is 11.8 Å². The minimum Gasteiger partial charge on any atom is -0.497 e. The number of aliphatic imine (C=N–C) groups is 1. The maximum Gasteiger partial charge on any atom is 0.233 e. The Hall–Kier alpha value is -2.66. The van der Waals surface area contributed by atoms with E-state index in [1.165, 1.54) is 16.7 Å². The fraction of sp³-hybridized carbons (Fsp3) is 0.292. The Balaban J connectivity index is 1.36. The van der Waals surface area contributed by atoms with Crippen molar-refractivity contribution in [3.05, 3.63) is 89.2 Å². The van der Waals surface area contributed by atoms with Crippen LogP contribution in [0.15, 0.2) is 71.9 Å². The minimum atomic E-state index is 0.212. The summed E-state index contributed by atoms with van der Waals surface area (Å²) in [5, 5.41) is 0. The summed E-state index contributed by atoms with van der Waals surface area (Å²) in [4.78, 5) is 4.84. The highest BCUT2D eigenvalue weighted by atomic mass is 32.2. The van der Waals surface area contributed by atoms with E-state index < -0.39 is 0 Å². The molecule has 5 heteroatoms. The average molecular weight is 407 g/mol. The van der Waals surface area contributed by atoms with Crippen LogP contribution in [0.2, 0.25) is 0 Å². The standard InChI is InChI=1S/C24H26N2O2S/c1-18-5-3-6-20(13-18)16-29-17-21-15-28-24(25-21)23-7-4-12-26(23)14-19-8-10-22(27-2)11-9-19/h3-13,21H,14-17H2,1-2H3/t21-/m0/s1. The fourth-order valence-corrected chi connectivity index (χ4v) is 4.41. The lowest BCUT2D eigenvalue weighted by Gasteiger charge is -2.09. The first-order chi connectivity index (χ1) is 14.2. The van der Waals surface area contributed by atoms with Crippen LogP contribution in [0.1, 0.15) is 22.4 Å². The third-order valence-electron chi connectivity index (χ3n) is 4.93. The Kier molecular flexibility index (Phi) is 6.25. The van der Waals surface area contributed by atoms with Crippen LogP contribution >= 0.6 is 11.8 Å². The van der Waals surface area contributed by atoms with Gasteiger partial charge in [0.05, 0.1) is 13.2 Å². The van der Waals surface area contributed by atoms with Gasteiger partial charge in [0, 0.05) is 24.2 Å². The first-order valence-electron chi connectivity index (χ1n) is 9.83. The van der Waals surface area contributed by atoms with E-state index in [0.29, 0.717) is 6.61 Å². The number of aromatic nitrogens is 1. The molecule has 0 saturated heterocycles. The molecule has 0 radical (unpaired) electrons. The third kappa shape index (κ3) is 5.04. The van der Waals surface area contributed by atoms with Crippen molar-refractivity contribution in [3.8, 4) is 5.75 Å². The van der Waals surface area contributed by atoms with Gasteiger partial charge < -0.3 is 14.0 Å². The lowest BCUT2D eigenvalue weighted by Crippen LogP contribution is -2.11. The summed E-state index contributed by atoms with van der Waals surface area (Å²) < 4.78 is 13.4. The number of ether oxygens (including phenoxy) is 2. The number of hydrogen-bond acceptors (Lipinski definition) is 4. The zero-order valence-corrected chi connectivity index (χ0v) is 17.7. The minimum absolute atomic E-state index is 0.212. The summed E-state index contributed by atoms with van der Waals surface area (Å²) in [6, 6.07) is 21.2. The summed E-state index contributed by atoms with van der Waals surface area (Å²) in [5.74, 6) is 3.61. The molecular formula is C24H26N2O2S. The van der Waals surface area contributed by atoms with Crippen molar-refractivity contribution < 1.29 is 9.47 Å². The van der Waals surface area contributed by atoms with Gasteiger partial charge in [-0.1, -0.05) is 42.0 Å². The van der Waals surface area contributed by atoms with Crippen molar-refractivity contribution in [2.45, 2.75) is 25.3 Å². The topological polar surface area (TPSA) is 35.8 Å². The Morgan fingerprint density at radius 3 is 2.76 bits per heavy atom. The highest BCUT2D eigenvalue weighted by Gasteiger charge is 2.22. The summed E-state index contributed by atoms with van der Waals surface area (Å²) in [6.45, 7) is 3.57. The average Bonchev–Trinajstić information content (AvgIpc) is 3.38. The first kappa shape index (κ1) is 19.6. The Labute approximate surface area is 176 Å². The lowest BCUT2D eigenvalue weighted by molar-refractivity contribution is 0.323. The van der Waals surface area contributed by atoms with E-state index in [-0.39, 0.29) is 6.04 Å². The number of nitrogens with zero attached hydrogens (tertiary/aromatic N) is 2. The van der Waals surface area contributed by atoms with E-state index in [9.17, 15) is 0 Å². The highest BCUT2D eigenvalue weighted by molar-refractivity contribution is 7.98. The van der Waals surface area contributed by atoms with Crippen molar-refractivity contribution in [3.63, 3.8) is 0 Å². The largest absolute Gasteiger partial charge is 0.497 e. The Bertz CT molecular complexity index is 979. The molecular weight excluding hydrogens is 380 g/mol. The molecule has 0 bridgehead atoms. The molecule has 29 heavy (non-hydrogen) atoms. The number of benzene rings is 2. The molecule has 4 nitrogen and oxygen atoms in total. The molecule has 1 atom stereocenters. The van der Waals surface area contributed by atoms with Crippen molar-refractivity contribution in [2.24, 2.45) is 4.99 Å². The molecule has 1 aliphatic heterocycles. The zero-order chi connectivity index (χ0) is 20.1. The quantitative estimate of drug-likeness (QED) is 0.532. The monoisotopic (exact) mass is 406 g/mol. The first-order valence-corrected chi connectivity index (χ1v) is 11.0. The molecule has 0 N–H and O–H groups in total. The number of aryl methyl sites for hydroxylation is 1. The summed E-state index contributed by atoms with van der Waals surface area (Å²) in [5.41, 5.74) is 4.93. The van der Waals surface area contributed by atoms with Gasteiger partial charge in [0.1, 0.15) is 18.1 Å². The summed E-state index contributed by atoms with van der Waals surface area (Å²) >= 11 is 1.92.